The zero-order chi connectivity index (χ0) is 31.1. The quantitative estimate of drug-likeness (QED) is 0.424. The fraction of sp³-hybridized carbons (Fsp3) is 0.621. The molecular formula is C29H40Cl2N6O5S. The van der Waals surface area contributed by atoms with Gasteiger partial charge >= 0.3 is 6.09 Å². The largest absolute Gasteiger partial charge is 0.446 e. The highest BCUT2D eigenvalue weighted by Gasteiger charge is 2.45. The van der Waals surface area contributed by atoms with Crippen LogP contribution >= 0.6 is 23.2 Å². The Morgan fingerprint density at radius 1 is 1.07 bits per heavy atom. The number of ether oxygens (including phenoxy) is 1. The number of hydrogen-bond donors (Lipinski definition) is 0. The number of anilines is 1. The molecule has 2 atom stereocenters. The fourth-order valence-electron chi connectivity index (χ4n) is 6.48. The van der Waals surface area contributed by atoms with Crippen LogP contribution in [0.4, 0.5) is 10.5 Å². The minimum absolute atomic E-state index is 0.0362. The van der Waals surface area contributed by atoms with Crippen molar-refractivity contribution >= 4 is 50.9 Å². The van der Waals surface area contributed by atoms with Crippen LogP contribution in [0, 0.1) is 25.7 Å². The number of nitrogens with zero attached hydrogens (tertiary/aromatic N) is 6. The number of amides is 2. The summed E-state index contributed by atoms with van der Waals surface area (Å²) in [6.45, 7) is 10.0. The molecule has 4 heterocycles. The number of aromatic nitrogens is 2. The first kappa shape index (κ1) is 32.0. The molecule has 2 amide bonds. The summed E-state index contributed by atoms with van der Waals surface area (Å²) in [5, 5.41) is 4.90. The number of benzene rings is 1. The molecule has 43 heavy (non-hydrogen) atoms. The van der Waals surface area contributed by atoms with Crippen LogP contribution in [0.1, 0.15) is 37.4 Å². The van der Waals surface area contributed by atoms with Gasteiger partial charge in [0.15, 0.2) is 0 Å². The zero-order valence-corrected chi connectivity index (χ0v) is 27.5. The number of likely N-dealkylation sites (tertiary alicyclic amines) is 2. The highest BCUT2D eigenvalue weighted by atomic mass is 35.5. The highest BCUT2D eigenvalue weighted by molar-refractivity contribution is 7.89. The summed E-state index contributed by atoms with van der Waals surface area (Å²) in [6, 6.07) is 5.57. The Hall–Kier alpha value is -2.38. The van der Waals surface area contributed by atoms with Gasteiger partial charge in [-0.1, -0.05) is 29.3 Å². The molecule has 3 saturated heterocycles. The van der Waals surface area contributed by atoms with Gasteiger partial charge in [-0.05, 0) is 56.3 Å². The van der Waals surface area contributed by atoms with Crippen LogP contribution in [0.25, 0.3) is 0 Å². The Balaban J connectivity index is 1.17. The lowest BCUT2D eigenvalue weighted by Crippen LogP contribution is -2.43. The molecule has 3 aliphatic heterocycles. The number of fused-ring (bicyclic) bond motifs is 1. The van der Waals surface area contributed by atoms with E-state index >= 15 is 0 Å². The van der Waals surface area contributed by atoms with E-state index < -0.39 is 16.1 Å². The fourth-order valence-corrected chi connectivity index (χ4v) is 8.92. The van der Waals surface area contributed by atoms with E-state index in [0.29, 0.717) is 62.0 Å². The standard InChI is InChI=1S/C29H40Cl2N6O5S/c1-19-6-7-24(14-26(19)30)37(29(39)42-25-8-12-35(13-9-25)21(3)38)11-5-10-34-15-22-17-36(18-23(22)16-34)43(40,41)27-20(2)32-33(4)28(27)31/h6-7,14,22-23,25H,5,8-13,15-18H2,1-4H3. The first-order valence-electron chi connectivity index (χ1n) is 14.8. The van der Waals surface area contributed by atoms with Crippen LogP contribution in [-0.2, 0) is 26.6 Å². The van der Waals surface area contributed by atoms with Crippen molar-refractivity contribution < 1.29 is 22.7 Å². The van der Waals surface area contributed by atoms with Crippen molar-refractivity contribution in [1.29, 1.82) is 0 Å². The van der Waals surface area contributed by atoms with E-state index in [-0.39, 0.29) is 33.9 Å². The maximum atomic E-state index is 13.4. The van der Waals surface area contributed by atoms with Crippen LogP contribution < -0.4 is 4.90 Å². The van der Waals surface area contributed by atoms with Gasteiger partial charge in [0.25, 0.3) is 0 Å². The maximum Gasteiger partial charge on any atom is 0.414 e. The van der Waals surface area contributed by atoms with E-state index in [1.165, 1.54) is 4.68 Å². The van der Waals surface area contributed by atoms with Gasteiger partial charge in [-0.15, -0.1) is 0 Å². The number of piperidine rings is 1. The molecule has 1 aromatic carbocycles. The van der Waals surface area contributed by atoms with Crippen molar-refractivity contribution in [1.82, 2.24) is 23.9 Å². The van der Waals surface area contributed by atoms with Crippen LogP contribution in [0.3, 0.4) is 0 Å². The summed E-state index contributed by atoms with van der Waals surface area (Å²) in [5.74, 6) is 0.515. The van der Waals surface area contributed by atoms with E-state index in [1.54, 1.807) is 41.1 Å². The number of hydrogen-bond acceptors (Lipinski definition) is 7. The topological polar surface area (TPSA) is 108 Å². The van der Waals surface area contributed by atoms with Crippen LogP contribution in [-0.4, -0.2) is 103 Å². The van der Waals surface area contributed by atoms with Gasteiger partial charge in [0.1, 0.15) is 16.2 Å². The third-order valence-electron chi connectivity index (χ3n) is 8.92. The van der Waals surface area contributed by atoms with Crippen molar-refractivity contribution in [2.75, 3.05) is 57.3 Å². The number of rotatable bonds is 8. The smallest absolute Gasteiger partial charge is 0.414 e. The molecule has 3 aliphatic rings. The molecule has 0 saturated carbocycles. The second kappa shape index (κ2) is 12.9. The van der Waals surface area contributed by atoms with Gasteiger partial charge in [-0.2, -0.15) is 9.40 Å². The van der Waals surface area contributed by atoms with Crippen LogP contribution in [0.5, 0.6) is 0 Å². The Morgan fingerprint density at radius 3 is 2.28 bits per heavy atom. The third-order valence-corrected chi connectivity index (χ3v) is 11.9. The van der Waals surface area contributed by atoms with Crippen molar-refractivity contribution in [3.8, 4) is 0 Å². The van der Waals surface area contributed by atoms with Crippen molar-refractivity contribution in [3.05, 3.63) is 39.6 Å². The molecule has 0 bridgehead atoms. The van der Waals surface area contributed by atoms with Gasteiger partial charge < -0.3 is 14.5 Å². The summed E-state index contributed by atoms with van der Waals surface area (Å²) in [7, 11) is -2.08. The average molecular weight is 656 g/mol. The molecule has 0 aliphatic carbocycles. The van der Waals surface area contributed by atoms with Gasteiger partial charge in [0, 0.05) is 83.3 Å². The molecule has 1 aromatic heterocycles. The minimum atomic E-state index is -3.72. The number of carbonyl (C=O) groups excluding carboxylic acids is 2. The predicted octanol–water partition coefficient (Wildman–Crippen LogP) is 3.94. The monoisotopic (exact) mass is 654 g/mol. The van der Waals surface area contributed by atoms with Gasteiger partial charge in [0.05, 0.1) is 5.69 Å². The first-order valence-corrected chi connectivity index (χ1v) is 17.0. The van der Waals surface area contributed by atoms with E-state index in [9.17, 15) is 18.0 Å². The normalized spacial score (nSPS) is 21.8. The summed E-state index contributed by atoms with van der Waals surface area (Å²) in [6.07, 6.45) is 1.29. The van der Waals surface area contributed by atoms with E-state index in [1.807, 2.05) is 19.1 Å². The first-order chi connectivity index (χ1) is 20.3. The van der Waals surface area contributed by atoms with Gasteiger partial charge in [-0.3, -0.25) is 14.4 Å². The summed E-state index contributed by atoms with van der Waals surface area (Å²) >= 11 is 12.7. The number of halogens is 2. The van der Waals surface area contributed by atoms with E-state index in [2.05, 4.69) is 10.00 Å². The zero-order valence-electron chi connectivity index (χ0n) is 25.1. The summed E-state index contributed by atoms with van der Waals surface area (Å²) in [4.78, 5) is 30.9. The highest BCUT2D eigenvalue weighted by Crippen LogP contribution is 2.36. The lowest BCUT2D eigenvalue weighted by atomic mass is 10.0. The van der Waals surface area contributed by atoms with Crippen LogP contribution in [0.15, 0.2) is 23.1 Å². The lowest BCUT2D eigenvalue weighted by Gasteiger charge is -2.32. The Kier molecular flexibility index (Phi) is 9.63. The molecule has 0 spiro atoms. The molecule has 0 N–H and O–H groups in total. The van der Waals surface area contributed by atoms with Crippen molar-refractivity contribution in [2.24, 2.45) is 18.9 Å². The SMILES string of the molecule is CC(=O)N1CCC(OC(=O)N(CCCN2CC3CN(S(=O)(=O)c4c(C)nn(C)c4Cl)CC3C2)c2ccc(C)c(Cl)c2)CC1. The maximum absolute atomic E-state index is 13.4. The molecule has 2 unspecified atom stereocenters. The second-order valence-electron chi connectivity index (χ2n) is 12.0. The Labute approximate surface area is 263 Å². The molecule has 3 fully saturated rings. The number of carbonyl (C=O) groups is 2. The van der Waals surface area contributed by atoms with Crippen molar-refractivity contribution in [3.63, 3.8) is 0 Å². The van der Waals surface area contributed by atoms with Crippen molar-refractivity contribution in [2.45, 2.75) is 51.0 Å². The molecule has 0 radical (unpaired) electrons. The molecule has 11 nitrogen and oxygen atoms in total. The molecule has 2 aromatic rings. The minimum Gasteiger partial charge on any atom is -0.446 e. The van der Waals surface area contributed by atoms with Crippen LogP contribution in [0.2, 0.25) is 10.2 Å². The second-order valence-corrected chi connectivity index (χ2v) is 14.6. The van der Waals surface area contributed by atoms with E-state index in [0.717, 1.165) is 31.6 Å². The van der Waals surface area contributed by atoms with Gasteiger partial charge in [0.2, 0.25) is 15.9 Å². The number of aryl methyl sites for hydroxylation is 3. The van der Waals surface area contributed by atoms with E-state index in [4.69, 9.17) is 27.9 Å². The average Bonchev–Trinajstić information content (AvgIpc) is 3.60. The molecule has 14 heteroatoms. The molecule has 5 rings (SSSR count). The molecular weight excluding hydrogens is 615 g/mol. The third kappa shape index (κ3) is 6.83. The Bertz CT molecular complexity index is 1460. The lowest BCUT2D eigenvalue weighted by molar-refractivity contribution is -0.130. The summed E-state index contributed by atoms with van der Waals surface area (Å²) in [5.41, 5.74) is 2.02. The summed E-state index contributed by atoms with van der Waals surface area (Å²) < 4.78 is 35.6. The predicted molar refractivity (Wildman–Crippen MR) is 165 cm³/mol. The molecule has 236 valence electrons. The Morgan fingerprint density at radius 2 is 1.72 bits per heavy atom. The van der Waals surface area contributed by atoms with Gasteiger partial charge in [-0.25, -0.2) is 13.2 Å². The number of sulfonamides is 1.